The summed E-state index contributed by atoms with van der Waals surface area (Å²) in [6.07, 6.45) is -1.01. The number of likely N-dealkylation sites (tertiary alicyclic amines) is 1. The van der Waals surface area contributed by atoms with Crippen molar-refractivity contribution in [1.29, 1.82) is 0 Å². The quantitative estimate of drug-likeness (QED) is 0.833. The highest BCUT2D eigenvalue weighted by atomic mass is 19.4. The van der Waals surface area contributed by atoms with Crippen molar-refractivity contribution in [3.8, 4) is 0 Å². The fraction of sp³-hybridized carbons (Fsp3) is 0.600. The first-order valence-corrected chi connectivity index (χ1v) is 6.92. The highest BCUT2D eigenvalue weighted by Crippen LogP contribution is 2.33. The summed E-state index contributed by atoms with van der Waals surface area (Å²) in [7, 11) is 1.66. The van der Waals surface area contributed by atoms with Crippen LogP contribution in [0.2, 0.25) is 0 Å². The Morgan fingerprint density at radius 1 is 1.20 bits per heavy atom. The third-order valence-electron chi connectivity index (χ3n) is 3.82. The van der Waals surface area contributed by atoms with Crippen LogP contribution < -0.4 is 0 Å². The zero-order valence-corrected chi connectivity index (χ0v) is 11.6. The number of methoxy groups -OCH3 is 1. The maximum atomic E-state index is 12.6. The highest BCUT2D eigenvalue weighted by molar-refractivity contribution is 5.27. The van der Waals surface area contributed by atoms with Crippen LogP contribution in [-0.4, -0.2) is 31.7 Å². The Hall–Kier alpha value is -1.07. The van der Waals surface area contributed by atoms with Crippen LogP contribution in [0.4, 0.5) is 13.2 Å². The monoisotopic (exact) mass is 287 g/mol. The Labute approximate surface area is 117 Å². The smallest absolute Gasteiger partial charge is 0.383 e. The van der Waals surface area contributed by atoms with E-state index in [1.54, 1.807) is 19.2 Å². The Balaban J connectivity index is 2.11. The topological polar surface area (TPSA) is 12.5 Å². The van der Waals surface area contributed by atoms with Crippen molar-refractivity contribution < 1.29 is 17.9 Å². The standard InChI is InChI=1S/C15H20F3NO/c1-20-11-10-19-9-3-2-4-14(19)12-5-7-13(8-6-12)15(16,17)18/h5-8,14H,2-4,9-11H2,1H3. The van der Waals surface area contributed by atoms with Gasteiger partial charge in [0.05, 0.1) is 12.2 Å². The summed E-state index contributed by atoms with van der Waals surface area (Å²) in [6, 6.07) is 5.79. The van der Waals surface area contributed by atoms with Crippen LogP contribution in [0, 0.1) is 0 Å². The van der Waals surface area contributed by atoms with E-state index in [0.29, 0.717) is 6.61 Å². The van der Waals surface area contributed by atoms with Crippen LogP contribution in [0.25, 0.3) is 0 Å². The van der Waals surface area contributed by atoms with Gasteiger partial charge in [0, 0.05) is 19.7 Å². The second-order valence-corrected chi connectivity index (χ2v) is 5.16. The fourth-order valence-electron chi connectivity index (χ4n) is 2.74. The minimum atomic E-state index is -4.26. The van der Waals surface area contributed by atoms with Crippen molar-refractivity contribution in [2.24, 2.45) is 0 Å². The molecule has 1 fully saturated rings. The molecule has 1 aliphatic heterocycles. The average Bonchev–Trinajstić information content (AvgIpc) is 2.45. The van der Waals surface area contributed by atoms with Crippen LogP contribution in [0.1, 0.15) is 36.4 Å². The molecule has 2 nitrogen and oxygen atoms in total. The van der Waals surface area contributed by atoms with E-state index >= 15 is 0 Å². The molecule has 0 aliphatic carbocycles. The summed E-state index contributed by atoms with van der Waals surface area (Å²) in [5.41, 5.74) is 0.384. The van der Waals surface area contributed by atoms with E-state index in [1.165, 1.54) is 12.1 Å². The normalized spacial score (nSPS) is 21.1. The lowest BCUT2D eigenvalue weighted by molar-refractivity contribution is -0.137. The van der Waals surface area contributed by atoms with Crippen LogP contribution >= 0.6 is 0 Å². The van der Waals surface area contributed by atoms with Crippen molar-refractivity contribution in [1.82, 2.24) is 4.90 Å². The predicted molar refractivity (Wildman–Crippen MR) is 71.5 cm³/mol. The van der Waals surface area contributed by atoms with Gasteiger partial charge in [0.1, 0.15) is 0 Å². The Bertz CT molecular complexity index is 416. The maximum absolute atomic E-state index is 12.6. The summed E-state index contributed by atoms with van der Waals surface area (Å²) in [5, 5.41) is 0. The number of hydrogen-bond acceptors (Lipinski definition) is 2. The molecule has 1 heterocycles. The predicted octanol–water partition coefficient (Wildman–Crippen LogP) is 3.88. The molecule has 2 rings (SSSR count). The van der Waals surface area contributed by atoms with E-state index in [4.69, 9.17) is 4.74 Å². The van der Waals surface area contributed by atoms with Gasteiger partial charge in [-0.05, 0) is 37.1 Å². The Kier molecular flexibility index (Phi) is 5.05. The zero-order valence-electron chi connectivity index (χ0n) is 11.6. The molecular formula is C15H20F3NO. The van der Waals surface area contributed by atoms with Crippen LogP contribution in [0.3, 0.4) is 0 Å². The van der Waals surface area contributed by atoms with Crippen LogP contribution in [0.15, 0.2) is 24.3 Å². The van der Waals surface area contributed by atoms with Gasteiger partial charge in [-0.3, -0.25) is 4.90 Å². The molecule has 5 heteroatoms. The molecule has 1 aliphatic rings. The first-order chi connectivity index (χ1) is 9.52. The molecule has 0 bridgehead atoms. The summed E-state index contributed by atoms with van der Waals surface area (Å²) in [6.45, 7) is 2.45. The molecule has 112 valence electrons. The van der Waals surface area contributed by atoms with Gasteiger partial charge in [-0.15, -0.1) is 0 Å². The largest absolute Gasteiger partial charge is 0.416 e. The number of benzene rings is 1. The molecule has 1 aromatic carbocycles. The van der Waals surface area contributed by atoms with Gasteiger partial charge < -0.3 is 4.74 Å². The fourth-order valence-corrected chi connectivity index (χ4v) is 2.74. The Morgan fingerprint density at radius 3 is 2.50 bits per heavy atom. The molecule has 1 saturated heterocycles. The molecule has 0 saturated carbocycles. The molecule has 0 radical (unpaired) electrons. The van der Waals surface area contributed by atoms with E-state index in [9.17, 15) is 13.2 Å². The third-order valence-corrected chi connectivity index (χ3v) is 3.82. The summed E-state index contributed by atoms with van der Waals surface area (Å²) >= 11 is 0. The van der Waals surface area contributed by atoms with Gasteiger partial charge in [0.15, 0.2) is 0 Å². The number of halogens is 3. The lowest BCUT2D eigenvalue weighted by Gasteiger charge is -2.36. The summed E-state index contributed by atoms with van der Waals surface area (Å²) in [4.78, 5) is 2.30. The van der Waals surface area contributed by atoms with E-state index in [0.717, 1.165) is 37.9 Å². The summed E-state index contributed by atoms with van der Waals surface area (Å²) in [5.74, 6) is 0. The second-order valence-electron chi connectivity index (χ2n) is 5.16. The van der Waals surface area contributed by atoms with E-state index in [2.05, 4.69) is 4.90 Å². The molecule has 1 atom stereocenters. The van der Waals surface area contributed by atoms with Crippen LogP contribution in [-0.2, 0) is 10.9 Å². The van der Waals surface area contributed by atoms with Crippen molar-refractivity contribution in [3.05, 3.63) is 35.4 Å². The molecular weight excluding hydrogens is 267 g/mol. The van der Waals surface area contributed by atoms with Gasteiger partial charge >= 0.3 is 6.18 Å². The Morgan fingerprint density at radius 2 is 1.90 bits per heavy atom. The molecule has 20 heavy (non-hydrogen) atoms. The van der Waals surface area contributed by atoms with Gasteiger partial charge in [-0.1, -0.05) is 18.6 Å². The molecule has 1 aromatic rings. The molecule has 0 aromatic heterocycles. The van der Waals surface area contributed by atoms with Gasteiger partial charge in [-0.25, -0.2) is 0 Å². The number of rotatable bonds is 4. The number of hydrogen-bond donors (Lipinski definition) is 0. The van der Waals surface area contributed by atoms with Crippen molar-refractivity contribution >= 4 is 0 Å². The van der Waals surface area contributed by atoms with Gasteiger partial charge in [0.2, 0.25) is 0 Å². The zero-order chi connectivity index (χ0) is 14.6. The second kappa shape index (κ2) is 6.59. The SMILES string of the molecule is COCCN1CCCCC1c1ccc(C(F)(F)F)cc1. The number of alkyl halides is 3. The van der Waals surface area contributed by atoms with Crippen LogP contribution in [0.5, 0.6) is 0 Å². The first kappa shape index (κ1) is 15.3. The van der Waals surface area contributed by atoms with Crippen molar-refractivity contribution in [2.75, 3.05) is 26.8 Å². The minimum Gasteiger partial charge on any atom is -0.383 e. The lowest BCUT2D eigenvalue weighted by atomic mass is 9.94. The number of piperidine rings is 1. The minimum absolute atomic E-state index is 0.209. The van der Waals surface area contributed by atoms with Crippen molar-refractivity contribution in [3.63, 3.8) is 0 Å². The first-order valence-electron chi connectivity index (χ1n) is 6.92. The summed E-state index contributed by atoms with van der Waals surface area (Å²) < 4.78 is 42.8. The van der Waals surface area contributed by atoms with Gasteiger partial charge in [0.25, 0.3) is 0 Å². The van der Waals surface area contributed by atoms with E-state index in [1.807, 2.05) is 0 Å². The number of nitrogens with zero attached hydrogens (tertiary/aromatic N) is 1. The van der Waals surface area contributed by atoms with E-state index in [-0.39, 0.29) is 6.04 Å². The molecule has 0 spiro atoms. The lowest BCUT2D eigenvalue weighted by Crippen LogP contribution is -2.35. The third kappa shape index (κ3) is 3.73. The molecule has 1 unspecified atom stereocenters. The molecule has 0 N–H and O–H groups in total. The number of ether oxygens (including phenoxy) is 1. The van der Waals surface area contributed by atoms with Crippen molar-refractivity contribution in [2.45, 2.75) is 31.5 Å². The highest BCUT2D eigenvalue weighted by Gasteiger charge is 2.31. The maximum Gasteiger partial charge on any atom is 0.416 e. The van der Waals surface area contributed by atoms with E-state index < -0.39 is 11.7 Å². The average molecular weight is 287 g/mol. The van der Waals surface area contributed by atoms with Gasteiger partial charge in [-0.2, -0.15) is 13.2 Å². The molecule has 0 amide bonds.